The first-order valence-electron chi connectivity index (χ1n) is 20.1. The number of carbonyl (C=O) groups is 1. The molecule has 7 aliphatic rings. The normalized spacial score (nSPS) is 46.6. The Labute approximate surface area is 305 Å². The van der Waals surface area contributed by atoms with Crippen LogP contribution in [0.25, 0.3) is 0 Å². The molecule has 6 heterocycles. The largest absolute Gasteiger partial charge is 0.450 e. The highest BCUT2D eigenvalue weighted by molar-refractivity contribution is 5.92. The Kier molecular flexibility index (Phi) is 10.2. The van der Waals surface area contributed by atoms with E-state index in [1.807, 2.05) is 13.0 Å². The van der Waals surface area contributed by atoms with Gasteiger partial charge in [0, 0.05) is 48.4 Å². The summed E-state index contributed by atoms with van der Waals surface area (Å²) in [4.78, 5) is 18.0. The van der Waals surface area contributed by atoms with Gasteiger partial charge >= 0.3 is 5.97 Å². The van der Waals surface area contributed by atoms with Gasteiger partial charge in [0.1, 0.15) is 11.7 Å². The molecule has 7 rings (SSSR count). The number of esters is 1. The van der Waals surface area contributed by atoms with Crippen LogP contribution in [-0.2, 0) is 23.7 Å². The lowest BCUT2D eigenvalue weighted by Gasteiger charge is -2.56. The van der Waals surface area contributed by atoms with Gasteiger partial charge < -0.3 is 29.2 Å². The lowest BCUT2D eigenvalue weighted by Crippen LogP contribution is -2.67. The zero-order valence-corrected chi connectivity index (χ0v) is 32.1. The van der Waals surface area contributed by atoms with Crippen molar-refractivity contribution in [2.24, 2.45) is 28.2 Å². The number of fused-ring (bicyclic) bond motifs is 2. The van der Waals surface area contributed by atoms with Crippen LogP contribution in [0.15, 0.2) is 51.6 Å². The van der Waals surface area contributed by atoms with Crippen LogP contribution in [0.4, 0.5) is 0 Å². The van der Waals surface area contributed by atoms with Crippen molar-refractivity contribution in [3.05, 3.63) is 46.6 Å². The first-order chi connectivity index (χ1) is 24.1. The SMILES string of the molecule is C=C1CCCC2=NC[C@H](C)[C@@H](C)C[C@@]23CCC([C@@H]2C=C(C)C(=O)O2)=C(C)[C@@H]3/C=C(\C)CC[C@@H]2CC[C@@]3(CC(O)C[C@@]4(O[C@@H](CC[C@@]4(C)O)C1)O3)O2. The van der Waals surface area contributed by atoms with Crippen molar-refractivity contribution in [3.8, 4) is 0 Å². The number of carbonyl (C=O) groups excluding carboxylic acids is 1. The first kappa shape index (κ1) is 37.2. The molecule has 282 valence electrons. The quantitative estimate of drug-likeness (QED) is 0.209. The fourth-order valence-corrected chi connectivity index (χ4v) is 10.7. The van der Waals surface area contributed by atoms with Gasteiger partial charge in [-0.3, -0.25) is 4.99 Å². The van der Waals surface area contributed by atoms with E-state index in [0.29, 0.717) is 49.5 Å². The molecule has 1 unspecified atom stereocenters. The van der Waals surface area contributed by atoms with Crippen molar-refractivity contribution in [1.29, 1.82) is 0 Å². The van der Waals surface area contributed by atoms with Crippen LogP contribution in [0.3, 0.4) is 0 Å². The van der Waals surface area contributed by atoms with Crippen molar-refractivity contribution >= 4 is 11.7 Å². The predicted molar refractivity (Wildman–Crippen MR) is 198 cm³/mol. The summed E-state index contributed by atoms with van der Waals surface area (Å²) in [6.45, 7) is 18.3. The Morgan fingerprint density at radius 3 is 2.45 bits per heavy atom. The topological polar surface area (TPSA) is 107 Å². The summed E-state index contributed by atoms with van der Waals surface area (Å²) in [6, 6.07) is 0. The zero-order chi connectivity index (χ0) is 36.3. The molecular weight excluding hydrogens is 642 g/mol. The van der Waals surface area contributed by atoms with Gasteiger partial charge in [0.05, 0.1) is 18.3 Å². The maximum atomic E-state index is 12.5. The second kappa shape index (κ2) is 14.0. The monoisotopic (exact) mass is 705 g/mol. The van der Waals surface area contributed by atoms with E-state index < -0.39 is 23.3 Å². The van der Waals surface area contributed by atoms with E-state index >= 15 is 0 Å². The average molecular weight is 706 g/mol. The number of ether oxygens (including phenoxy) is 4. The third-order valence-electron chi connectivity index (χ3n) is 14.0. The maximum absolute atomic E-state index is 12.5. The molecule has 2 N–H and O–H groups in total. The highest BCUT2D eigenvalue weighted by Crippen LogP contribution is 2.55. The van der Waals surface area contributed by atoms with Crippen LogP contribution in [0.1, 0.15) is 138 Å². The van der Waals surface area contributed by atoms with E-state index in [9.17, 15) is 15.0 Å². The van der Waals surface area contributed by atoms with Gasteiger partial charge in [-0.25, -0.2) is 4.79 Å². The van der Waals surface area contributed by atoms with Gasteiger partial charge in [0.2, 0.25) is 5.79 Å². The molecule has 3 saturated heterocycles. The highest BCUT2D eigenvalue weighted by Gasteiger charge is 2.63. The Morgan fingerprint density at radius 2 is 1.69 bits per heavy atom. The molecule has 1 aliphatic carbocycles. The molecule has 0 radical (unpaired) electrons. The molecule has 11 atom stereocenters. The van der Waals surface area contributed by atoms with Crippen molar-refractivity contribution in [2.45, 2.75) is 179 Å². The molecular formula is C43H63NO7. The standard InChI is InChI=1S/C43H63NO7/c1-26-9-8-10-38-41(22-29(4)30(5)25-44-38)17-15-35(37-21-28(3)39(46)48-37)31(6)36(41)20-27(2)11-12-33-14-18-42(49-33)23-32(45)24-43(51-42)40(7,47)16-13-34(19-26)50-43/h20-21,29-30,32-34,36-37,45,47H,1,8-19,22-25H2,2-7H3/b27-20+/t29-,30-,32?,33+,34-,36-,37-,40+,41+,42+,43+/m0/s1. The summed E-state index contributed by atoms with van der Waals surface area (Å²) in [5.74, 6) is -1.30. The van der Waals surface area contributed by atoms with Gasteiger partial charge in [0.15, 0.2) is 5.79 Å². The van der Waals surface area contributed by atoms with Crippen molar-refractivity contribution < 1.29 is 34.0 Å². The maximum Gasteiger partial charge on any atom is 0.334 e. The molecule has 3 spiro atoms. The molecule has 51 heavy (non-hydrogen) atoms. The number of nitrogens with zero attached hydrogens (tertiary/aromatic N) is 1. The molecule has 0 aromatic heterocycles. The van der Waals surface area contributed by atoms with E-state index in [4.69, 9.17) is 23.9 Å². The van der Waals surface area contributed by atoms with Crippen LogP contribution >= 0.6 is 0 Å². The number of cyclic esters (lactones) is 1. The molecule has 0 aromatic carbocycles. The van der Waals surface area contributed by atoms with Crippen LogP contribution < -0.4 is 0 Å². The third-order valence-corrected chi connectivity index (χ3v) is 14.0. The minimum Gasteiger partial charge on any atom is -0.450 e. The summed E-state index contributed by atoms with van der Waals surface area (Å²) in [6.07, 6.45) is 14.9. The number of hydrogen-bond acceptors (Lipinski definition) is 8. The van der Waals surface area contributed by atoms with Crippen molar-refractivity contribution in [2.75, 3.05) is 6.54 Å². The Hall–Kier alpha value is -2.10. The molecule has 0 amide bonds. The lowest BCUT2D eigenvalue weighted by atomic mass is 9.56. The van der Waals surface area contributed by atoms with Crippen LogP contribution in [0.2, 0.25) is 0 Å². The fourth-order valence-electron chi connectivity index (χ4n) is 10.7. The fraction of sp³-hybridized carbons (Fsp3) is 0.767. The van der Waals surface area contributed by atoms with E-state index in [2.05, 4.69) is 40.3 Å². The second-order valence-electron chi connectivity index (χ2n) is 18.0. The summed E-state index contributed by atoms with van der Waals surface area (Å²) < 4.78 is 26.3. The highest BCUT2D eigenvalue weighted by atomic mass is 16.8. The lowest BCUT2D eigenvalue weighted by molar-refractivity contribution is -0.445. The second-order valence-corrected chi connectivity index (χ2v) is 18.0. The number of aliphatic imine (C=N–C) groups is 1. The number of rotatable bonds is 1. The minimum absolute atomic E-state index is 0.0173. The van der Waals surface area contributed by atoms with Gasteiger partial charge in [-0.15, -0.1) is 0 Å². The van der Waals surface area contributed by atoms with E-state index in [-0.39, 0.29) is 42.0 Å². The van der Waals surface area contributed by atoms with Gasteiger partial charge in [0.25, 0.3) is 0 Å². The van der Waals surface area contributed by atoms with Crippen LogP contribution in [0, 0.1) is 23.2 Å². The molecule has 3 fully saturated rings. The van der Waals surface area contributed by atoms with Gasteiger partial charge in [-0.1, -0.05) is 43.2 Å². The van der Waals surface area contributed by atoms with Gasteiger partial charge in [-0.05, 0) is 128 Å². The molecule has 8 heteroatoms. The average Bonchev–Trinajstić information content (AvgIpc) is 3.57. The molecule has 0 saturated carbocycles. The van der Waals surface area contributed by atoms with Gasteiger partial charge in [-0.2, -0.15) is 0 Å². The van der Waals surface area contributed by atoms with E-state index in [1.165, 1.54) is 22.4 Å². The van der Waals surface area contributed by atoms with E-state index in [0.717, 1.165) is 69.9 Å². The predicted octanol–water partition coefficient (Wildman–Crippen LogP) is 8.22. The number of aliphatic hydroxyl groups is 2. The summed E-state index contributed by atoms with van der Waals surface area (Å²) >= 11 is 0. The van der Waals surface area contributed by atoms with Crippen molar-refractivity contribution in [3.63, 3.8) is 0 Å². The number of allylic oxidation sites excluding steroid dienone is 3. The minimum atomic E-state index is -1.32. The smallest absolute Gasteiger partial charge is 0.334 e. The number of hydrogen-bond donors (Lipinski definition) is 2. The Bertz CT molecular complexity index is 1520. The molecule has 4 bridgehead atoms. The third kappa shape index (κ3) is 7.02. The van der Waals surface area contributed by atoms with Crippen molar-refractivity contribution in [1.82, 2.24) is 0 Å². The molecule has 8 nitrogen and oxygen atoms in total. The Balaban J connectivity index is 1.25. The van der Waals surface area contributed by atoms with E-state index in [1.54, 1.807) is 6.92 Å². The summed E-state index contributed by atoms with van der Waals surface area (Å²) in [5.41, 5.74) is 5.76. The first-order valence-corrected chi connectivity index (χ1v) is 20.1. The summed E-state index contributed by atoms with van der Waals surface area (Å²) in [7, 11) is 0. The molecule has 6 aliphatic heterocycles. The number of aliphatic hydroxyl groups excluding tert-OH is 1. The zero-order valence-electron chi connectivity index (χ0n) is 32.1. The molecule has 0 aromatic rings. The van der Waals surface area contributed by atoms with Crippen LogP contribution in [0.5, 0.6) is 0 Å². The Morgan fingerprint density at radius 1 is 0.902 bits per heavy atom. The van der Waals surface area contributed by atoms with Crippen LogP contribution in [-0.4, -0.2) is 70.0 Å². The summed E-state index contributed by atoms with van der Waals surface area (Å²) in [5, 5.41) is 23.0.